The van der Waals surface area contributed by atoms with Crippen LogP contribution in [0.4, 0.5) is 0 Å². The molecular weight excluding hydrogens is 402 g/mol. The first-order chi connectivity index (χ1) is 12.0. The van der Waals surface area contributed by atoms with Gasteiger partial charge in [0.25, 0.3) is 5.91 Å². The van der Waals surface area contributed by atoms with E-state index in [1.807, 2.05) is 6.07 Å². The zero-order chi connectivity index (χ0) is 18.2. The van der Waals surface area contributed by atoms with Crippen molar-refractivity contribution >= 4 is 39.1 Å². The van der Waals surface area contributed by atoms with Crippen LogP contribution in [-0.2, 0) is 4.79 Å². The van der Waals surface area contributed by atoms with Crippen LogP contribution in [-0.4, -0.2) is 48.4 Å². The van der Waals surface area contributed by atoms with Crippen LogP contribution in [0.1, 0.15) is 55.6 Å². The predicted molar refractivity (Wildman–Crippen MR) is 106 cm³/mol. The zero-order valence-electron chi connectivity index (χ0n) is 15.0. The molecule has 2 atom stereocenters. The van der Waals surface area contributed by atoms with E-state index in [-0.39, 0.29) is 11.8 Å². The van der Waals surface area contributed by atoms with Gasteiger partial charge < -0.3 is 15.5 Å². The van der Waals surface area contributed by atoms with Gasteiger partial charge in [0, 0.05) is 12.6 Å². The Balaban J connectivity index is 1.60. The van der Waals surface area contributed by atoms with E-state index >= 15 is 0 Å². The van der Waals surface area contributed by atoms with Crippen LogP contribution in [0, 0.1) is 0 Å². The maximum atomic E-state index is 12.1. The number of likely N-dealkylation sites (tertiary alicyclic amines) is 1. The van der Waals surface area contributed by atoms with E-state index in [4.69, 9.17) is 0 Å². The molecule has 0 bridgehead atoms. The number of nitrogens with one attached hydrogen (secondary N) is 2. The van der Waals surface area contributed by atoms with Crippen LogP contribution in [0.2, 0.25) is 0 Å². The molecule has 5 nitrogen and oxygen atoms in total. The molecule has 1 aliphatic rings. The Morgan fingerprint density at radius 1 is 1.36 bits per heavy atom. The summed E-state index contributed by atoms with van der Waals surface area (Å²) in [5, 5.41) is 5.65. The summed E-state index contributed by atoms with van der Waals surface area (Å²) in [5.41, 5.74) is 0. The SMILES string of the molecule is CC(NC(=O)c1ccc(Br)s1)C(=O)NCCCCN1CCCCC1C. The molecule has 1 aliphatic heterocycles. The Kier molecular flexibility index (Phi) is 8.39. The van der Waals surface area contributed by atoms with Gasteiger partial charge in [-0.2, -0.15) is 0 Å². The van der Waals surface area contributed by atoms with Gasteiger partial charge in [0.05, 0.1) is 8.66 Å². The molecule has 7 heteroatoms. The van der Waals surface area contributed by atoms with Crippen LogP contribution >= 0.6 is 27.3 Å². The van der Waals surface area contributed by atoms with Crippen molar-refractivity contribution in [2.24, 2.45) is 0 Å². The molecule has 2 amide bonds. The van der Waals surface area contributed by atoms with Crippen molar-refractivity contribution in [2.75, 3.05) is 19.6 Å². The third kappa shape index (κ3) is 6.72. The van der Waals surface area contributed by atoms with Crippen LogP contribution in [0.15, 0.2) is 15.9 Å². The molecule has 1 saturated heterocycles. The molecule has 0 aromatic carbocycles. The maximum absolute atomic E-state index is 12.1. The van der Waals surface area contributed by atoms with E-state index in [0.29, 0.717) is 17.5 Å². The minimum Gasteiger partial charge on any atom is -0.354 e. The fourth-order valence-corrected chi connectivity index (χ4v) is 4.35. The van der Waals surface area contributed by atoms with Crippen LogP contribution in [0.3, 0.4) is 0 Å². The number of piperidine rings is 1. The lowest BCUT2D eigenvalue weighted by Gasteiger charge is -2.33. The third-order valence-electron chi connectivity index (χ3n) is 4.65. The lowest BCUT2D eigenvalue weighted by atomic mass is 10.0. The van der Waals surface area contributed by atoms with Gasteiger partial charge in [-0.15, -0.1) is 11.3 Å². The van der Waals surface area contributed by atoms with Crippen molar-refractivity contribution in [2.45, 2.75) is 58.0 Å². The van der Waals surface area contributed by atoms with Crippen molar-refractivity contribution in [1.82, 2.24) is 15.5 Å². The highest BCUT2D eigenvalue weighted by Crippen LogP contribution is 2.21. The molecule has 0 radical (unpaired) electrons. The van der Waals surface area contributed by atoms with Crippen molar-refractivity contribution in [3.63, 3.8) is 0 Å². The lowest BCUT2D eigenvalue weighted by molar-refractivity contribution is -0.122. The van der Waals surface area contributed by atoms with E-state index in [0.717, 1.165) is 23.2 Å². The van der Waals surface area contributed by atoms with Gasteiger partial charge >= 0.3 is 0 Å². The molecule has 0 spiro atoms. The van der Waals surface area contributed by atoms with Crippen molar-refractivity contribution in [3.8, 4) is 0 Å². The van der Waals surface area contributed by atoms with Gasteiger partial charge in [0.2, 0.25) is 5.91 Å². The van der Waals surface area contributed by atoms with E-state index < -0.39 is 6.04 Å². The molecule has 1 aromatic heterocycles. The number of carbonyl (C=O) groups excluding carboxylic acids is 2. The average Bonchev–Trinajstić information content (AvgIpc) is 3.02. The second-order valence-corrected chi connectivity index (χ2v) is 9.14. The number of halogens is 1. The molecule has 2 N–H and O–H groups in total. The number of hydrogen-bond acceptors (Lipinski definition) is 4. The van der Waals surface area contributed by atoms with Gasteiger partial charge in [-0.05, 0) is 80.7 Å². The normalized spacial score (nSPS) is 19.4. The third-order valence-corrected chi connectivity index (χ3v) is 6.27. The highest BCUT2D eigenvalue weighted by atomic mass is 79.9. The van der Waals surface area contributed by atoms with Gasteiger partial charge in [-0.3, -0.25) is 9.59 Å². The zero-order valence-corrected chi connectivity index (χ0v) is 17.4. The van der Waals surface area contributed by atoms with Crippen LogP contribution < -0.4 is 10.6 Å². The summed E-state index contributed by atoms with van der Waals surface area (Å²) in [6, 6.07) is 3.73. The Morgan fingerprint density at radius 2 is 2.16 bits per heavy atom. The summed E-state index contributed by atoms with van der Waals surface area (Å²) in [6.07, 6.45) is 6.01. The van der Waals surface area contributed by atoms with E-state index in [9.17, 15) is 9.59 Å². The standard InChI is InChI=1S/C18H28BrN3O2S/c1-13-7-3-5-11-22(13)12-6-4-10-20-17(23)14(2)21-18(24)15-8-9-16(19)25-15/h8-9,13-14H,3-7,10-12H2,1-2H3,(H,20,23)(H,21,24). The first kappa shape index (κ1) is 20.4. The predicted octanol–water partition coefficient (Wildman–Crippen LogP) is 3.40. The number of hydrogen-bond donors (Lipinski definition) is 2. The summed E-state index contributed by atoms with van der Waals surface area (Å²) >= 11 is 4.69. The molecular formula is C18H28BrN3O2S. The largest absolute Gasteiger partial charge is 0.354 e. The monoisotopic (exact) mass is 429 g/mol. The van der Waals surface area contributed by atoms with Gasteiger partial charge in [0.15, 0.2) is 0 Å². The van der Waals surface area contributed by atoms with Gasteiger partial charge in [-0.25, -0.2) is 0 Å². The molecule has 2 heterocycles. The maximum Gasteiger partial charge on any atom is 0.262 e. The fourth-order valence-electron chi connectivity index (χ4n) is 3.06. The van der Waals surface area contributed by atoms with E-state index in [1.54, 1.807) is 13.0 Å². The second kappa shape index (κ2) is 10.3. The number of thiophene rings is 1. The average molecular weight is 430 g/mol. The molecule has 0 saturated carbocycles. The van der Waals surface area contributed by atoms with E-state index in [2.05, 4.69) is 38.4 Å². The highest BCUT2D eigenvalue weighted by Gasteiger charge is 2.18. The topological polar surface area (TPSA) is 61.4 Å². The number of amides is 2. The lowest BCUT2D eigenvalue weighted by Crippen LogP contribution is -2.45. The Bertz CT molecular complexity index is 578. The molecule has 0 aliphatic carbocycles. The minimum atomic E-state index is -0.532. The highest BCUT2D eigenvalue weighted by molar-refractivity contribution is 9.11. The van der Waals surface area contributed by atoms with Crippen LogP contribution in [0.25, 0.3) is 0 Å². The summed E-state index contributed by atoms with van der Waals surface area (Å²) < 4.78 is 0.901. The summed E-state index contributed by atoms with van der Waals surface area (Å²) in [6.45, 7) is 6.99. The number of nitrogens with zero attached hydrogens (tertiary/aromatic N) is 1. The van der Waals surface area contributed by atoms with Crippen LogP contribution in [0.5, 0.6) is 0 Å². The molecule has 140 valence electrons. The summed E-state index contributed by atoms with van der Waals surface area (Å²) in [4.78, 5) is 27.3. The van der Waals surface area contributed by atoms with Crippen molar-refractivity contribution in [3.05, 3.63) is 20.8 Å². The quantitative estimate of drug-likeness (QED) is 0.622. The fraction of sp³-hybridized carbons (Fsp3) is 0.667. The van der Waals surface area contributed by atoms with Crippen molar-refractivity contribution < 1.29 is 9.59 Å². The first-order valence-electron chi connectivity index (χ1n) is 9.05. The summed E-state index contributed by atoms with van der Waals surface area (Å²) in [7, 11) is 0. The molecule has 25 heavy (non-hydrogen) atoms. The molecule has 2 rings (SSSR count). The van der Waals surface area contributed by atoms with Gasteiger partial charge in [-0.1, -0.05) is 6.42 Å². The van der Waals surface area contributed by atoms with Crippen molar-refractivity contribution in [1.29, 1.82) is 0 Å². The smallest absolute Gasteiger partial charge is 0.262 e. The Morgan fingerprint density at radius 3 is 2.84 bits per heavy atom. The first-order valence-corrected chi connectivity index (χ1v) is 10.7. The molecule has 2 unspecified atom stereocenters. The second-order valence-electron chi connectivity index (χ2n) is 6.68. The Hall–Kier alpha value is -0.920. The minimum absolute atomic E-state index is 0.129. The van der Waals surface area contributed by atoms with Gasteiger partial charge in [0.1, 0.15) is 6.04 Å². The molecule has 1 fully saturated rings. The number of carbonyl (C=O) groups is 2. The number of rotatable bonds is 8. The summed E-state index contributed by atoms with van der Waals surface area (Å²) in [5.74, 6) is -0.340. The van der Waals surface area contributed by atoms with E-state index in [1.165, 1.54) is 37.1 Å². The molecule has 1 aromatic rings. The number of unbranched alkanes of at least 4 members (excludes halogenated alkanes) is 1. The Labute approximate surface area is 162 Å².